The van der Waals surface area contributed by atoms with Gasteiger partial charge in [-0.15, -0.1) is 0 Å². The molecule has 0 unspecified atom stereocenters. The topological polar surface area (TPSA) is 60.4 Å². The molecule has 0 saturated heterocycles. The highest BCUT2D eigenvalue weighted by Crippen LogP contribution is 2.66. The Balaban J connectivity index is 1.60. The van der Waals surface area contributed by atoms with E-state index in [4.69, 9.17) is 4.74 Å². The fraction of sp³-hybridized carbons (Fsp3) is 0.708. The molecule has 2 saturated carbocycles. The Kier molecular flexibility index (Phi) is 5.07. The largest absolute Gasteiger partial charge is 0.458 e. The molecule has 158 valence electrons. The van der Waals surface area contributed by atoms with Crippen LogP contribution in [0.2, 0.25) is 0 Å². The molecule has 0 spiro atoms. The van der Waals surface area contributed by atoms with E-state index in [-0.39, 0.29) is 65.0 Å². The van der Waals surface area contributed by atoms with Gasteiger partial charge in [-0.3, -0.25) is 14.4 Å². The minimum absolute atomic E-state index is 0.00516. The molecule has 0 aliphatic heterocycles. The molecule has 4 aliphatic carbocycles. The average Bonchev–Trinajstić information content (AvgIpc) is 3.05. The van der Waals surface area contributed by atoms with Crippen molar-refractivity contribution in [1.29, 1.82) is 0 Å². The number of ketones is 2. The maximum Gasteiger partial charge on any atom is 0.305 e. The van der Waals surface area contributed by atoms with Gasteiger partial charge in [-0.05, 0) is 78.4 Å². The van der Waals surface area contributed by atoms with Crippen LogP contribution in [0.3, 0.4) is 0 Å². The van der Waals surface area contributed by atoms with Gasteiger partial charge in [0.1, 0.15) is 12.4 Å². The second kappa shape index (κ2) is 7.17. The summed E-state index contributed by atoms with van der Waals surface area (Å²) < 4.78 is 20.2. The molecule has 4 rings (SSSR count). The summed E-state index contributed by atoms with van der Waals surface area (Å²) >= 11 is 0. The molecule has 2 fully saturated rings. The Hall–Kier alpha value is -1.78. The van der Waals surface area contributed by atoms with Gasteiger partial charge >= 0.3 is 5.97 Å². The van der Waals surface area contributed by atoms with Crippen molar-refractivity contribution >= 4 is 17.5 Å². The highest BCUT2D eigenvalue weighted by molar-refractivity contribution is 5.92. The molecule has 5 heteroatoms. The van der Waals surface area contributed by atoms with Gasteiger partial charge < -0.3 is 4.74 Å². The van der Waals surface area contributed by atoms with Crippen molar-refractivity contribution in [3.8, 4) is 0 Å². The Morgan fingerprint density at radius 1 is 1.17 bits per heavy atom. The lowest BCUT2D eigenvalue weighted by Gasteiger charge is -2.56. The SMILES string of the molecule is CCC(=O)OCC(=O)[C@H]1CC[C@H]2[C@@H]3C=C(F)C4=CC(=O)CC[C@]4(C)[C@H]3CC[C@]12C. The zero-order chi connectivity index (χ0) is 21.0. The number of rotatable bonds is 4. The molecule has 0 aromatic heterocycles. The molecule has 0 N–H and O–H groups in total. The minimum Gasteiger partial charge on any atom is -0.458 e. The van der Waals surface area contributed by atoms with Crippen LogP contribution in [0.1, 0.15) is 65.7 Å². The van der Waals surface area contributed by atoms with Gasteiger partial charge in [-0.1, -0.05) is 20.8 Å². The molecule has 29 heavy (non-hydrogen) atoms. The van der Waals surface area contributed by atoms with Crippen LogP contribution in [0.5, 0.6) is 0 Å². The molecule has 4 aliphatic rings. The van der Waals surface area contributed by atoms with E-state index in [9.17, 15) is 14.4 Å². The molecule has 0 heterocycles. The number of hydrogen-bond acceptors (Lipinski definition) is 4. The van der Waals surface area contributed by atoms with Gasteiger partial charge in [0.05, 0.1) is 0 Å². The lowest BCUT2D eigenvalue weighted by Crippen LogP contribution is -2.50. The van der Waals surface area contributed by atoms with Crippen molar-refractivity contribution in [2.24, 2.45) is 34.5 Å². The predicted molar refractivity (Wildman–Crippen MR) is 106 cm³/mol. The molecular weight excluding hydrogens is 371 g/mol. The summed E-state index contributed by atoms with van der Waals surface area (Å²) in [6.45, 7) is 5.87. The number of carbonyl (C=O) groups excluding carboxylic acids is 3. The lowest BCUT2D eigenvalue weighted by atomic mass is 9.48. The first kappa shape index (κ1) is 20.5. The quantitative estimate of drug-likeness (QED) is 0.638. The summed E-state index contributed by atoms with van der Waals surface area (Å²) in [5.41, 5.74) is 0.114. The maximum absolute atomic E-state index is 15.1. The molecule has 0 radical (unpaired) electrons. The predicted octanol–water partition coefficient (Wildman–Crippen LogP) is 4.73. The number of halogens is 1. The fourth-order valence-corrected chi connectivity index (χ4v) is 6.96. The second-order valence-electron chi connectivity index (χ2n) is 9.90. The molecule has 0 bridgehead atoms. The number of fused-ring (bicyclic) bond motifs is 5. The zero-order valence-electron chi connectivity index (χ0n) is 17.6. The van der Waals surface area contributed by atoms with Gasteiger partial charge in [0.15, 0.2) is 11.6 Å². The Morgan fingerprint density at radius 2 is 1.93 bits per heavy atom. The van der Waals surface area contributed by atoms with Crippen LogP contribution in [-0.2, 0) is 19.1 Å². The molecular formula is C24H31FO4. The van der Waals surface area contributed by atoms with E-state index in [2.05, 4.69) is 13.8 Å². The third kappa shape index (κ3) is 3.12. The molecule has 4 nitrogen and oxygen atoms in total. The summed E-state index contributed by atoms with van der Waals surface area (Å²) in [6, 6.07) is 0. The van der Waals surface area contributed by atoms with E-state index in [0.29, 0.717) is 24.3 Å². The molecule has 0 amide bonds. The zero-order valence-corrected chi connectivity index (χ0v) is 17.6. The first-order chi connectivity index (χ1) is 13.7. The van der Waals surface area contributed by atoms with Gasteiger partial charge in [0.25, 0.3) is 0 Å². The monoisotopic (exact) mass is 402 g/mol. The van der Waals surface area contributed by atoms with Gasteiger partial charge in [-0.25, -0.2) is 4.39 Å². The summed E-state index contributed by atoms with van der Waals surface area (Å²) in [6.07, 6.45) is 8.27. The first-order valence-corrected chi connectivity index (χ1v) is 11.0. The third-order valence-electron chi connectivity index (χ3n) is 8.61. The number of allylic oxidation sites excluding steroid dienone is 4. The number of carbonyl (C=O) groups is 3. The van der Waals surface area contributed by atoms with Crippen molar-refractivity contribution < 1.29 is 23.5 Å². The van der Waals surface area contributed by atoms with Crippen molar-refractivity contribution in [1.82, 2.24) is 0 Å². The van der Waals surface area contributed by atoms with E-state index < -0.39 is 0 Å². The summed E-state index contributed by atoms with van der Waals surface area (Å²) in [7, 11) is 0. The second-order valence-corrected chi connectivity index (χ2v) is 9.90. The van der Waals surface area contributed by atoms with Gasteiger partial charge in [-0.2, -0.15) is 0 Å². The van der Waals surface area contributed by atoms with Gasteiger partial charge in [0.2, 0.25) is 0 Å². The first-order valence-electron chi connectivity index (χ1n) is 11.0. The normalized spacial score (nSPS) is 40.9. The van der Waals surface area contributed by atoms with Crippen LogP contribution in [0, 0.1) is 34.5 Å². The molecule has 0 aromatic carbocycles. The molecule has 0 aromatic rings. The number of Topliss-reactive ketones (excluding diaryl/α,β-unsaturated/α-hetero) is 1. The highest BCUT2D eigenvalue weighted by atomic mass is 19.1. The Morgan fingerprint density at radius 3 is 2.66 bits per heavy atom. The van der Waals surface area contributed by atoms with Crippen LogP contribution in [0.25, 0.3) is 0 Å². The third-order valence-corrected chi connectivity index (χ3v) is 8.61. The van der Waals surface area contributed by atoms with E-state index >= 15 is 4.39 Å². The van der Waals surface area contributed by atoms with Crippen molar-refractivity contribution in [3.63, 3.8) is 0 Å². The average molecular weight is 403 g/mol. The summed E-state index contributed by atoms with van der Waals surface area (Å²) in [5, 5.41) is 0. The van der Waals surface area contributed by atoms with E-state index in [1.54, 1.807) is 13.0 Å². The standard InChI is InChI=1S/C24H31FO4/c1-4-22(28)29-13-21(27)18-6-5-16-15-12-20(25)19-11-14(26)7-9-24(19,3)17(15)8-10-23(16,18)2/h11-12,15-18H,4-10,13H2,1-3H3/t15-,16-,17-,18+,23-,24+/m0/s1. The fourth-order valence-electron chi connectivity index (χ4n) is 6.96. The number of hydrogen-bond donors (Lipinski definition) is 0. The maximum atomic E-state index is 15.1. The van der Waals surface area contributed by atoms with Crippen molar-refractivity contribution in [2.75, 3.05) is 6.61 Å². The Bertz CT molecular complexity index is 812. The van der Waals surface area contributed by atoms with Crippen molar-refractivity contribution in [3.05, 3.63) is 23.6 Å². The van der Waals surface area contributed by atoms with Crippen LogP contribution < -0.4 is 0 Å². The minimum atomic E-state index is -0.349. The van der Waals surface area contributed by atoms with Crippen LogP contribution in [-0.4, -0.2) is 24.1 Å². The van der Waals surface area contributed by atoms with Gasteiger partial charge in [0, 0.05) is 18.8 Å². The summed E-state index contributed by atoms with van der Waals surface area (Å²) in [5.74, 6) is -0.0351. The van der Waals surface area contributed by atoms with E-state index in [0.717, 1.165) is 25.7 Å². The van der Waals surface area contributed by atoms with Crippen molar-refractivity contribution in [2.45, 2.75) is 65.7 Å². The lowest BCUT2D eigenvalue weighted by molar-refractivity contribution is -0.150. The van der Waals surface area contributed by atoms with E-state index in [1.807, 2.05) is 0 Å². The smallest absolute Gasteiger partial charge is 0.305 e. The van der Waals surface area contributed by atoms with Crippen LogP contribution in [0.15, 0.2) is 23.6 Å². The van der Waals surface area contributed by atoms with Crippen LogP contribution >= 0.6 is 0 Å². The highest BCUT2D eigenvalue weighted by Gasteiger charge is 2.60. The van der Waals surface area contributed by atoms with E-state index in [1.165, 1.54) is 6.08 Å². The Labute approximate surface area is 171 Å². The number of ether oxygens (including phenoxy) is 1. The molecule has 6 atom stereocenters. The summed E-state index contributed by atoms with van der Waals surface area (Å²) in [4.78, 5) is 36.2. The number of esters is 1. The van der Waals surface area contributed by atoms with Crippen LogP contribution in [0.4, 0.5) is 4.39 Å².